The lowest BCUT2D eigenvalue weighted by atomic mass is 10.1. The molecule has 7 nitrogen and oxygen atoms in total. The van der Waals surface area contributed by atoms with Crippen molar-refractivity contribution in [1.82, 2.24) is 15.3 Å². The van der Waals surface area contributed by atoms with Crippen LogP contribution in [0.15, 0.2) is 6.20 Å². The Bertz CT molecular complexity index is 457. The molecule has 0 aliphatic carbocycles. The van der Waals surface area contributed by atoms with E-state index in [0.29, 0.717) is 25.5 Å². The largest absolute Gasteiger partial charge is 0.503 e. The van der Waals surface area contributed by atoms with E-state index in [1.54, 1.807) is 0 Å². The molecule has 2 rings (SSSR count). The first-order chi connectivity index (χ1) is 8.56. The van der Waals surface area contributed by atoms with Crippen LogP contribution in [0.5, 0.6) is 5.75 Å². The molecule has 1 amide bonds. The van der Waals surface area contributed by atoms with E-state index in [9.17, 15) is 9.90 Å². The van der Waals surface area contributed by atoms with Crippen molar-refractivity contribution in [2.45, 2.75) is 6.42 Å². The van der Waals surface area contributed by atoms with E-state index in [4.69, 9.17) is 16.7 Å². The molecule has 98 valence electrons. The average Bonchev–Trinajstić information content (AvgIpc) is 2.78. The van der Waals surface area contributed by atoms with Crippen LogP contribution >= 0.6 is 11.6 Å². The summed E-state index contributed by atoms with van der Waals surface area (Å²) in [5, 5.41) is 20.6. The number of hydrogen-bond donors (Lipinski definition) is 3. The van der Waals surface area contributed by atoms with Gasteiger partial charge in [0.25, 0.3) is 0 Å². The number of nitrogens with one attached hydrogen (secondary N) is 1. The minimum absolute atomic E-state index is 0.0220. The van der Waals surface area contributed by atoms with Crippen molar-refractivity contribution in [1.29, 1.82) is 0 Å². The molecule has 1 fully saturated rings. The number of halogens is 1. The summed E-state index contributed by atoms with van der Waals surface area (Å²) in [6, 6.07) is 0. The molecule has 0 bridgehead atoms. The monoisotopic (exact) mass is 272 g/mol. The Kier molecular flexibility index (Phi) is 3.71. The Hall–Kier alpha value is -1.76. The van der Waals surface area contributed by atoms with Crippen LogP contribution in [0.4, 0.5) is 10.6 Å². The Morgan fingerprint density at radius 3 is 3.17 bits per heavy atom. The van der Waals surface area contributed by atoms with Crippen LogP contribution in [0.3, 0.4) is 0 Å². The summed E-state index contributed by atoms with van der Waals surface area (Å²) in [4.78, 5) is 19.9. The molecular formula is C10H13ClN4O3. The van der Waals surface area contributed by atoms with Gasteiger partial charge in [-0.2, -0.15) is 4.98 Å². The highest BCUT2D eigenvalue weighted by Crippen LogP contribution is 2.29. The third kappa shape index (κ3) is 2.92. The van der Waals surface area contributed by atoms with Crippen LogP contribution in [0, 0.1) is 5.92 Å². The third-order valence-corrected chi connectivity index (χ3v) is 3.03. The van der Waals surface area contributed by atoms with Gasteiger partial charge in [0.05, 0.1) is 6.20 Å². The zero-order valence-electron chi connectivity index (χ0n) is 9.51. The van der Waals surface area contributed by atoms with Gasteiger partial charge in [-0.3, -0.25) is 0 Å². The van der Waals surface area contributed by atoms with Gasteiger partial charge < -0.3 is 20.4 Å². The van der Waals surface area contributed by atoms with Gasteiger partial charge in [0.1, 0.15) is 0 Å². The lowest BCUT2D eigenvalue weighted by Gasteiger charge is -2.18. The third-order valence-electron chi connectivity index (χ3n) is 2.85. The van der Waals surface area contributed by atoms with Crippen LogP contribution in [-0.2, 0) is 0 Å². The summed E-state index contributed by atoms with van der Waals surface area (Å²) >= 11 is 5.68. The molecule has 3 N–H and O–H groups in total. The first-order valence-electron chi connectivity index (χ1n) is 5.49. The van der Waals surface area contributed by atoms with Gasteiger partial charge in [0.15, 0.2) is 11.6 Å². The number of aromatic hydroxyl groups is 1. The standard InChI is InChI=1S/C10H13ClN4O3/c11-9-12-4-7(16)8(14-9)15-2-1-6(5-15)3-13-10(17)18/h4,6,13,16H,1-3,5H2,(H,17,18)/t6-/m0/s1. The Labute approximate surface area is 108 Å². The van der Waals surface area contributed by atoms with Crippen LogP contribution in [0.2, 0.25) is 5.28 Å². The fourth-order valence-corrected chi connectivity index (χ4v) is 2.13. The lowest BCUT2D eigenvalue weighted by Crippen LogP contribution is -2.30. The smallest absolute Gasteiger partial charge is 0.404 e. The van der Waals surface area contributed by atoms with E-state index in [0.717, 1.165) is 6.42 Å². The molecule has 0 aromatic carbocycles. The number of carboxylic acid groups (broad SMARTS) is 1. The lowest BCUT2D eigenvalue weighted by molar-refractivity contribution is 0.192. The van der Waals surface area contributed by atoms with Crippen LogP contribution in [0.1, 0.15) is 6.42 Å². The second-order valence-electron chi connectivity index (χ2n) is 4.13. The molecule has 0 spiro atoms. The SMILES string of the molecule is O=C(O)NC[C@@H]1CCN(c2nc(Cl)ncc2O)C1. The molecule has 2 heterocycles. The molecule has 1 aromatic heterocycles. The fourth-order valence-electron chi connectivity index (χ4n) is 2.00. The quantitative estimate of drug-likeness (QED) is 0.708. The summed E-state index contributed by atoms with van der Waals surface area (Å²) in [6.45, 7) is 1.72. The van der Waals surface area contributed by atoms with E-state index < -0.39 is 6.09 Å². The summed E-state index contributed by atoms with van der Waals surface area (Å²) in [6.07, 6.45) is 1.07. The zero-order chi connectivity index (χ0) is 13.1. The summed E-state index contributed by atoms with van der Waals surface area (Å²) in [7, 11) is 0. The van der Waals surface area contributed by atoms with Gasteiger partial charge in [-0.25, -0.2) is 9.78 Å². The second-order valence-corrected chi connectivity index (χ2v) is 4.47. The number of carbonyl (C=O) groups is 1. The van der Waals surface area contributed by atoms with Crippen LogP contribution in [-0.4, -0.2) is 45.9 Å². The van der Waals surface area contributed by atoms with E-state index >= 15 is 0 Å². The molecule has 1 aromatic rings. The van der Waals surface area contributed by atoms with Crippen LogP contribution in [0.25, 0.3) is 0 Å². The predicted molar refractivity (Wildman–Crippen MR) is 65.1 cm³/mol. The van der Waals surface area contributed by atoms with Crippen LogP contribution < -0.4 is 10.2 Å². The first-order valence-corrected chi connectivity index (χ1v) is 5.87. The van der Waals surface area contributed by atoms with Crippen molar-refractivity contribution >= 4 is 23.5 Å². The van der Waals surface area contributed by atoms with Crippen molar-refractivity contribution in [3.63, 3.8) is 0 Å². The number of hydrogen-bond acceptors (Lipinski definition) is 5. The molecule has 1 atom stereocenters. The minimum atomic E-state index is -1.03. The molecule has 0 radical (unpaired) electrons. The van der Waals surface area contributed by atoms with E-state index in [2.05, 4.69) is 15.3 Å². The molecular weight excluding hydrogens is 260 g/mol. The second kappa shape index (κ2) is 5.26. The number of aromatic nitrogens is 2. The number of rotatable bonds is 3. The molecule has 1 aliphatic rings. The molecule has 1 saturated heterocycles. The number of nitrogens with zero attached hydrogens (tertiary/aromatic N) is 3. The Morgan fingerprint density at radius 2 is 2.44 bits per heavy atom. The highest BCUT2D eigenvalue weighted by atomic mass is 35.5. The van der Waals surface area contributed by atoms with Gasteiger partial charge in [-0.15, -0.1) is 0 Å². The van der Waals surface area contributed by atoms with Crippen molar-refractivity contribution < 1.29 is 15.0 Å². The molecule has 0 saturated carbocycles. The average molecular weight is 273 g/mol. The van der Waals surface area contributed by atoms with Gasteiger partial charge in [0, 0.05) is 19.6 Å². The van der Waals surface area contributed by atoms with Crippen molar-refractivity contribution in [2.75, 3.05) is 24.5 Å². The maximum Gasteiger partial charge on any atom is 0.404 e. The van der Waals surface area contributed by atoms with Gasteiger partial charge in [0.2, 0.25) is 5.28 Å². The summed E-state index contributed by atoms with van der Waals surface area (Å²) in [5.74, 6) is 0.577. The predicted octanol–water partition coefficient (Wildman–Crippen LogP) is 0.929. The van der Waals surface area contributed by atoms with Gasteiger partial charge >= 0.3 is 6.09 Å². The normalized spacial score (nSPS) is 18.9. The van der Waals surface area contributed by atoms with E-state index in [-0.39, 0.29) is 17.0 Å². The number of amides is 1. The Morgan fingerprint density at radius 1 is 1.67 bits per heavy atom. The molecule has 0 unspecified atom stereocenters. The van der Waals surface area contributed by atoms with Crippen molar-refractivity contribution in [3.8, 4) is 5.75 Å². The summed E-state index contributed by atoms with van der Waals surface area (Å²) < 4.78 is 0. The zero-order valence-corrected chi connectivity index (χ0v) is 10.3. The first kappa shape index (κ1) is 12.7. The molecule has 1 aliphatic heterocycles. The van der Waals surface area contributed by atoms with Crippen molar-refractivity contribution in [2.24, 2.45) is 5.92 Å². The van der Waals surface area contributed by atoms with Crippen molar-refractivity contribution in [3.05, 3.63) is 11.5 Å². The fraction of sp³-hybridized carbons (Fsp3) is 0.500. The maximum absolute atomic E-state index is 10.4. The van der Waals surface area contributed by atoms with Gasteiger partial charge in [-0.1, -0.05) is 0 Å². The topological polar surface area (TPSA) is 98.6 Å². The highest BCUT2D eigenvalue weighted by Gasteiger charge is 2.26. The highest BCUT2D eigenvalue weighted by molar-refractivity contribution is 6.28. The molecule has 18 heavy (non-hydrogen) atoms. The Balaban J connectivity index is 1.99. The maximum atomic E-state index is 10.4. The van der Waals surface area contributed by atoms with E-state index in [1.165, 1.54) is 6.20 Å². The van der Waals surface area contributed by atoms with Gasteiger partial charge in [-0.05, 0) is 23.9 Å². The number of anilines is 1. The summed E-state index contributed by atoms with van der Waals surface area (Å²) in [5.41, 5.74) is 0. The minimum Gasteiger partial charge on any atom is -0.503 e. The van der Waals surface area contributed by atoms with E-state index in [1.807, 2.05) is 4.90 Å². The molecule has 8 heteroatoms.